The summed E-state index contributed by atoms with van der Waals surface area (Å²) in [6, 6.07) is 8.51. The molecule has 0 unspecified atom stereocenters. The molecule has 0 saturated heterocycles. The van der Waals surface area contributed by atoms with Crippen LogP contribution in [0.5, 0.6) is 0 Å². The Hall–Kier alpha value is -2.27. The topological polar surface area (TPSA) is 71.3 Å². The van der Waals surface area contributed by atoms with Crippen LogP contribution in [0.1, 0.15) is 39.7 Å². The molecule has 21 heavy (non-hydrogen) atoms. The Morgan fingerprint density at radius 2 is 2.00 bits per heavy atom. The van der Waals surface area contributed by atoms with Gasteiger partial charge in [-0.2, -0.15) is 0 Å². The van der Waals surface area contributed by atoms with Crippen LogP contribution in [0.4, 0.5) is 5.69 Å². The predicted octanol–water partition coefficient (Wildman–Crippen LogP) is 3.43. The van der Waals surface area contributed by atoms with Crippen molar-refractivity contribution < 1.29 is 14.7 Å². The predicted molar refractivity (Wildman–Crippen MR) is 79.1 cm³/mol. The highest BCUT2D eigenvalue weighted by molar-refractivity contribution is 6.34. The number of aromatic carboxylic acids is 1. The van der Waals surface area contributed by atoms with Crippen molar-refractivity contribution in [3.8, 4) is 0 Å². The molecule has 1 heterocycles. The number of nitrogens with zero attached hydrogens (tertiary/aromatic N) is 1. The maximum Gasteiger partial charge on any atom is 0.339 e. The zero-order valence-corrected chi connectivity index (χ0v) is 11.8. The van der Waals surface area contributed by atoms with Gasteiger partial charge in [0.05, 0.1) is 10.7 Å². The average molecular weight is 305 g/mol. The molecule has 3 rings (SSSR count). The van der Waals surface area contributed by atoms with E-state index in [1.165, 1.54) is 12.1 Å². The van der Waals surface area contributed by atoms with Gasteiger partial charge in [0.15, 0.2) is 0 Å². The SMILES string of the molecule is O=C(O)c1c(Cl)cccc1NC(=O)c1cccn1C1CC1. The van der Waals surface area contributed by atoms with E-state index in [0.717, 1.165) is 12.8 Å². The zero-order valence-electron chi connectivity index (χ0n) is 11.0. The summed E-state index contributed by atoms with van der Waals surface area (Å²) in [5, 5.41) is 11.9. The minimum Gasteiger partial charge on any atom is -0.478 e. The van der Waals surface area contributed by atoms with Crippen LogP contribution in [0.2, 0.25) is 5.02 Å². The normalized spacial score (nSPS) is 14.0. The van der Waals surface area contributed by atoms with Crippen molar-refractivity contribution in [2.75, 3.05) is 5.32 Å². The van der Waals surface area contributed by atoms with Crippen LogP contribution >= 0.6 is 11.6 Å². The van der Waals surface area contributed by atoms with E-state index in [1.807, 2.05) is 16.8 Å². The Balaban J connectivity index is 1.90. The first-order chi connectivity index (χ1) is 10.1. The van der Waals surface area contributed by atoms with Crippen molar-refractivity contribution in [3.63, 3.8) is 0 Å². The molecule has 2 aromatic rings. The number of hydrogen-bond donors (Lipinski definition) is 2. The Morgan fingerprint density at radius 1 is 1.24 bits per heavy atom. The Kier molecular flexibility index (Phi) is 3.43. The number of carboxylic acids is 1. The van der Waals surface area contributed by atoms with E-state index >= 15 is 0 Å². The molecule has 1 aromatic heterocycles. The van der Waals surface area contributed by atoms with Crippen molar-refractivity contribution in [3.05, 3.63) is 52.8 Å². The first-order valence-electron chi connectivity index (χ1n) is 6.58. The summed E-state index contributed by atoms with van der Waals surface area (Å²) in [6.07, 6.45) is 3.99. The van der Waals surface area contributed by atoms with E-state index in [1.54, 1.807) is 12.1 Å². The van der Waals surface area contributed by atoms with Gasteiger partial charge in [0.25, 0.3) is 5.91 Å². The van der Waals surface area contributed by atoms with Crippen LogP contribution in [0.15, 0.2) is 36.5 Å². The number of nitrogens with one attached hydrogen (secondary N) is 1. The zero-order chi connectivity index (χ0) is 15.0. The average Bonchev–Trinajstić information content (AvgIpc) is 3.15. The van der Waals surface area contributed by atoms with Crippen LogP contribution < -0.4 is 5.32 Å². The van der Waals surface area contributed by atoms with E-state index in [4.69, 9.17) is 11.6 Å². The number of benzene rings is 1. The monoisotopic (exact) mass is 304 g/mol. The third-order valence-electron chi connectivity index (χ3n) is 3.43. The molecule has 1 amide bonds. The first-order valence-corrected chi connectivity index (χ1v) is 6.95. The van der Waals surface area contributed by atoms with Gasteiger partial charge in [-0.25, -0.2) is 4.79 Å². The minimum atomic E-state index is -1.17. The number of halogens is 1. The molecule has 0 bridgehead atoms. The van der Waals surface area contributed by atoms with Gasteiger partial charge in [0, 0.05) is 12.2 Å². The van der Waals surface area contributed by atoms with Gasteiger partial charge in [0.1, 0.15) is 11.3 Å². The Bertz CT molecular complexity index is 719. The van der Waals surface area contributed by atoms with Crippen molar-refractivity contribution in [1.29, 1.82) is 0 Å². The summed E-state index contributed by atoms with van der Waals surface area (Å²) in [7, 11) is 0. The van der Waals surface area contributed by atoms with Gasteiger partial charge >= 0.3 is 5.97 Å². The lowest BCUT2D eigenvalue weighted by molar-refractivity contribution is 0.0698. The fourth-order valence-electron chi connectivity index (χ4n) is 2.29. The quantitative estimate of drug-likeness (QED) is 0.909. The minimum absolute atomic E-state index is 0.0953. The number of carbonyl (C=O) groups is 2. The fraction of sp³-hybridized carbons (Fsp3) is 0.200. The van der Waals surface area contributed by atoms with E-state index in [2.05, 4.69) is 5.32 Å². The van der Waals surface area contributed by atoms with Crippen LogP contribution in [0.25, 0.3) is 0 Å². The number of hydrogen-bond acceptors (Lipinski definition) is 2. The number of amides is 1. The van der Waals surface area contributed by atoms with Gasteiger partial charge in [-0.15, -0.1) is 0 Å². The molecule has 1 aliphatic rings. The lowest BCUT2D eigenvalue weighted by Gasteiger charge is -2.11. The third-order valence-corrected chi connectivity index (χ3v) is 3.74. The first kappa shape index (κ1) is 13.7. The van der Waals surface area contributed by atoms with Crippen LogP contribution in [-0.4, -0.2) is 21.6 Å². The van der Waals surface area contributed by atoms with Gasteiger partial charge in [-0.05, 0) is 37.1 Å². The molecule has 0 aliphatic heterocycles. The molecule has 0 radical (unpaired) electrons. The highest BCUT2D eigenvalue weighted by Gasteiger charge is 2.27. The van der Waals surface area contributed by atoms with Gasteiger partial charge in [-0.1, -0.05) is 17.7 Å². The third kappa shape index (κ3) is 2.64. The molecule has 2 N–H and O–H groups in total. The molecule has 1 aliphatic carbocycles. The van der Waals surface area contributed by atoms with Gasteiger partial charge < -0.3 is 15.0 Å². The standard InChI is InChI=1S/C15H13ClN2O3/c16-10-3-1-4-11(13(10)15(20)21)17-14(19)12-5-2-8-18(12)9-6-7-9/h1-5,8-9H,6-7H2,(H,17,19)(H,20,21). The molecular weight excluding hydrogens is 292 g/mol. The molecule has 108 valence electrons. The lowest BCUT2D eigenvalue weighted by atomic mass is 10.1. The maximum atomic E-state index is 12.3. The second kappa shape index (κ2) is 5.26. The van der Waals surface area contributed by atoms with E-state index in [0.29, 0.717) is 11.7 Å². The van der Waals surface area contributed by atoms with E-state index < -0.39 is 5.97 Å². The molecule has 1 saturated carbocycles. The smallest absolute Gasteiger partial charge is 0.339 e. The van der Waals surface area contributed by atoms with Crippen LogP contribution in [0, 0.1) is 0 Å². The summed E-state index contributed by atoms with van der Waals surface area (Å²) < 4.78 is 1.92. The second-order valence-electron chi connectivity index (χ2n) is 4.95. The van der Waals surface area contributed by atoms with Gasteiger partial charge in [0.2, 0.25) is 0 Å². The Morgan fingerprint density at radius 3 is 2.67 bits per heavy atom. The van der Waals surface area contributed by atoms with Crippen molar-refractivity contribution in [1.82, 2.24) is 4.57 Å². The molecular formula is C15H13ClN2O3. The number of rotatable bonds is 4. The van der Waals surface area contributed by atoms with E-state index in [-0.39, 0.29) is 22.2 Å². The molecule has 1 fully saturated rings. The fourth-order valence-corrected chi connectivity index (χ4v) is 2.54. The van der Waals surface area contributed by atoms with Crippen molar-refractivity contribution >= 4 is 29.2 Å². The second-order valence-corrected chi connectivity index (χ2v) is 5.36. The van der Waals surface area contributed by atoms with Crippen molar-refractivity contribution in [2.45, 2.75) is 18.9 Å². The Labute approximate surface area is 126 Å². The molecule has 0 atom stereocenters. The molecule has 0 spiro atoms. The number of aromatic nitrogens is 1. The van der Waals surface area contributed by atoms with E-state index in [9.17, 15) is 14.7 Å². The maximum absolute atomic E-state index is 12.3. The largest absolute Gasteiger partial charge is 0.478 e. The number of anilines is 1. The van der Waals surface area contributed by atoms with Crippen molar-refractivity contribution in [2.24, 2.45) is 0 Å². The van der Waals surface area contributed by atoms with Crippen LogP contribution in [0.3, 0.4) is 0 Å². The number of carbonyl (C=O) groups excluding carboxylic acids is 1. The molecule has 1 aromatic carbocycles. The summed E-state index contributed by atoms with van der Waals surface area (Å²) in [6.45, 7) is 0. The summed E-state index contributed by atoms with van der Waals surface area (Å²) in [5.74, 6) is -1.51. The summed E-state index contributed by atoms with van der Waals surface area (Å²) in [4.78, 5) is 23.6. The summed E-state index contributed by atoms with van der Waals surface area (Å²) in [5.41, 5.74) is 0.620. The van der Waals surface area contributed by atoms with Crippen LogP contribution in [-0.2, 0) is 0 Å². The van der Waals surface area contributed by atoms with Gasteiger partial charge in [-0.3, -0.25) is 4.79 Å². The molecule has 5 nitrogen and oxygen atoms in total. The lowest BCUT2D eigenvalue weighted by Crippen LogP contribution is -2.18. The number of carboxylic acid groups (broad SMARTS) is 1. The molecule has 6 heteroatoms. The summed E-state index contributed by atoms with van der Waals surface area (Å²) >= 11 is 5.89. The highest BCUT2D eigenvalue weighted by atomic mass is 35.5. The highest BCUT2D eigenvalue weighted by Crippen LogP contribution is 2.36.